The molecule has 1 aliphatic heterocycles. The number of aromatic nitrogens is 2. The van der Waals surface area contributed by atoms with Gasteiger partial charge in [0.05, 0.1) is 10.6 Å². The van der Waals surface area contributed by atoms with Crippen LogP contribution < -0.4 is 5.32 Å². The summed E-state index contributed by atoms with van der Waals surface area (Å²) < 4.78 is 32.9. The molecule has 1 N–H and O–H groups in total. The predicted octanol–water partition coefficient (Wildman–Crippen LogP) is 2.92. The fraction of sp³-hybridized carbons (Fsp3) is 0.526. The Labute approximate surface area is 175 Å². The maximum atomic E-state index is 12.9. The summed E-state index contributed by atoms with van der Waals surface area (Å²) in [5, 5.41) is 11.1. The van der Waals surface area contributed by atoms with Gasteiger partial charge < -0.3 is 9.73 Å². The Morgan fingerprint density at radius 3 is 2.62 bits per heavy atom. The molecule has 1 aromatic heterocycles. The van der Waals surface area contributed by atoms with E-state index in [0.717, 1.165) is 31.0 Å². The molecule has 3 rings (SSSR count). The molecule has 158 valence electrons. The molecular weight excluding hydrogens is 412 g/mol. The maximum absolute atomic E-state index is 12.9. The highest BCUT2D eigenvalue weighted by molar-refractivity contribution is 7.99. The van der Waals surface area contributed by atoms with Gasteiger partial charge in [0, 0.05) is 24.2 Å². The van der Waals surface area contributed by atoms with E-state index >= 15 is 0 Å². The van der Waals surface area contributed by atoms with Gasteiger partial charge in [-0.3, -0.25) is 4.79 Å². The lowest BCUT2D eigenvalue weighted by Gasteiger charge is -2.25. The summed E-state index contributed by atoms with van der Waals surface area (Å²) in [5.74, 6) is 0.249. The number of hydrogen-bond acceptors (Lipinski definition) is 7. The minimum Gasteiger partial charge on any atom is -0.411 e. The Kier molecular flexibility index (Phi) is 6.65. The van der Waals surface area contributed by atoms with Crippen LogP contribution in [0, 0.1) is 0 Å². The molecule has 0 aliphatic carbocycles. The van der Waals surface area contributed by atoms with Gasteiger partial charge in [-0.1, -0.05) is 24.2 Å². The lowest BCUT2D eigenvalue weighted by molar-refractivity contribution is -0.119. The highest BCUT2D eigenvalue weighted by Crippen LogP contribution is 2.27. The summed E-state index contributed by atoms with van der Waals surface area (Å²) in [6.07, 6.45) is 2.82. The van der Waals surface area contributed by atoms with Gasteiger partial charge >= 0.3 is 0 Å². The van der Waals surface area contributed by atoms with Crippen molar-refractivity contribution < 1.29 is 17.6 Å². The van der Waals surface area contributed by atoms with E-state index in [-0.39, 0.29) is 33.2 Å². The number of rotatable bonds is 6. The third-order valence-electron chi connectivity index (χ3n) is 4.28. The van der Waals surface area contributed by atoms with E-state index < -0.39 is 10.0 Å². The van der Waals surface area contributed by atoms with Crippen LogP contribution in [0.2, 0.25) is 0 Å². The van der Waals surface area contributed by atoms with Crippen molar-refractivity contribution >= 4 is 27.7 Å². The number of nitrogens with zero attached hydrogens (tertiary/aromatic N) is 3. The van der Waals surface area contributed by atoms with Crippen molar-refractivity contribution in [2.45, 2.75) is 55.7 Å². The average Bonchev–Trinajstić information content (AvgIpc) is 3.15. The van der Waals surface area contributed by atoms with Crippen molar-refractivity contribution in [1.82, 2.24) is 19.8 Å². The Morgan fingerprint density at radius 2 is 1.93 bits per heavy atom. The van der Waals surface area contributed by atoms with Crippen LogP contribution in [0.4, 0.5) is 0 Å². The SMILES string of the molecule is CC(C)(C)NC(=O)CSc1nnc(-c2cccc(S(=O)(=O)N3CCCCC3)c2)o1. The number of amides is 1. The molecule has 1 aromatic carbocycles. The van der Waals surface area contributed by atoms with Crippen molar-refractivity contribution in [3.05, 3.63) is 24.3 Å². The van der Waals surface area contributed by atoms with E-state index in [1.165, 1.54) is 4.31 Å². The van der Waals surface area contributed by atoms with Gasteiger partial charge in [-0.2, -0.15) is 4.31 Å². The normalized spacial score (nSPS) is 16.0. The van der Waals surface area contributed by atoms with E-state index in [9.17, 15) is 13.2 Å². The highest BCUT2D eigenvalue weighted by Gasteiger charge is 2.26. The predicted molar refractivity (Wildman–Crippen MR) is 111 cm³/mol. The van der Waals surface area contributed by atoms with Crippen LogP contribution in [-0.4, -0.2) is 53.2 Å². The standard InChI is InChI=1S/C19H26N4O4S2/c1-19(2,3)20-16(24)13-28-18-22-21-17(27-18)14-8-7-9-15(12-14)29(25,26)23-10-5-4-6-11-23/h7-9,12H,4-6,10-11,13H2,1-3H3,(H,20,24). The lowest BCUT2D eigenvalue weighted by atomic mass is 10.1. The second kappa shape index (κ2) is 8.85. The van der Waals surface area contributed by atoms with Crippen molar-refractivity contribution in [3.8, 4) is 11.5 Å². The molecule has 0 atom stereocenters. The second-order valence-electron chi connectivity index (χ2n) is 7.95. The van der Waals surface area contributed by atoms with Crippen LogP contribution in [0.25, 0.3) is 11.5 Å². The molecule has 1 amide bonds. The number of nitrogens with one attached hydrogen (secondary N) is 1. The third-order valence-corrected chi connectivity index (χ3v) is 6.99. The molecule has 10 heteroatoms. The van der Waals surface area contributed by atoms with Gasteiger partial charge in [-0.05, 0) is 51.8 Å². The minimum atomic E-state index is -3.54. The molecule has 0 spiro atoms. The summed E-state index contributed by atoms with van der Waals surface area (Å²) >= 11 is 1.14. The van der Waals surface area contributed by atoms with Crippen LogP contribution in [-0.2, 0) is 14.8 Å². The first kappa shape index (κ1) is 21.8. The molecule has 0 bridgehead atoms. The molecule has 29 heavy (non-hydrogen) atoms. The summed E-state index contributed by atoms with van der Waals surface area (Å²) in [6, 6.07) is 6.53. The highest BCUT2D eigenvalue weighted by atomic mass is 32.2. The smallest absolute Gasteiger partial charge is 0.277 e. The van der Waals surface area contributed by atoms with Crippen LogP contribution in [0.3, 0.4) is 0 Å². The molecule has 1 fully saturated rings. The number of sulfonamides is 1. The molecule has 8 nitrogen and oxygen atoms in total. The Morgan fingerprint density at radius 1 is 1.21 bits per heavy atom. The lowest BCUT2D eigenvalue weighted by Crippen LogP contribution is -2.41. The quantitative estimate of drug-likeness (QED) is 0.691. The van der Waals surface area contributed by atoms with E-state index in [2.05, 4.69) is 15.5 Å². The number of carbonyl (C=O) groups excluding carboxylic acids is 1. The van der Waals surface area contributed by atoms with Gasteiger partial charge in [-0.25, -0.2) is 8.42 Å². The van der Waals surface area contributed by atoms with Gasteiger partial charge in [0.25, 0.3) is 5.22 Å². The fourth-order valence-corrected chi connectivity index (χ4v) is 5.14. The zero-order valence-electron chi connectivity index (χ0n) is 16.8. The maximum Gasteiger partial charge on any atom is 0.277 e. The molecule has 0 saturated carbocycles. The van der Waals surface area contributed by atoms with Crippen LogP contribution in [0.5, 0.6) is 0 Å². The third kappa shape index (κ3) is 5.80. The van der Waals surface area contributed by atoms with E-state index in [1.54, 1.807) is 24.3 Å². The van der Waals surface area contributed by atoms with Gasteiger partial charge in [0.2, 0.25) is 21.8 Å². The molecule has 2 aromatic rings. The molecule has 0 radical (unpaired) electrons. The monoisotopic (exact) mass is 438 g/mol. The number of piperidine rings is 1. The zero-order chi connectivity index (χ0) is 21.1. The number of benzene rings is 1. The van der Waals surface area contributed by atoms with Gasteiger partial charge in [0.1, 0.15) is 0 Å². The van der Waals surface area contributed by atoms with E-state index in [4.69, 9.17) is 4.42 Å². The Hall–Kier alpha value is -1.91. The van der Waals surface area contributed by atoms with Crippen LogP contribution >= 0.6 is 11.8 Å². The topological polar surface area (TPSA) is 105 Å². The zero-order valence-corrected chi connectivity index (χ0v) is 18.5. The summed E-state index contributed by atoms with van der Waals surface area (Å²) in [7, 11) is -3.54. The first-order chi connectivity index (χ1) is 13.6. The fourth-order valence-electron chi connectivity index (χ4n) is 3.01. The Balaban J connectivity index is 1.71. The van der Waals surface area contributed by atoms with Crippen LogP contribution in [0.1, 0.15) is 40.0 Å². The van der Waals surface area contributed by atoms with Gasteiger partial charge in [0.15, 0.2) is 0 Å². The molecular formula is C19H26N4O4S2. The molecule has 2 heterocycles. The van der Waals surface area contributed by atoms with E-state index in [1.807, 2.05) is 20.8 Å². The van der Waals surface area contributed by atoms with E-state index in [0.29, 0.717) is 18.7 Å². The molecule has 0 unspecified atom stereocenters. The first-order valence-electron chi connectivity index (χ1n) is 9.53. The van der Waals surface area contributed by atoms with Crippen molar-refractivity contribution in [2.75, 3.05) is 18.8 Å². The largest absolute Gasteiger partial charge is 0.411 e. The first-order valence-corrected chi connectivity index (χ1v) is 12.0. The summed E-state index contributed by atoms with van der Waals surface area (Å²) in [5.41, 5.74) is 0.222. The molecule has 1 saturated heterocycles. The Bertz CT molecular complexity index is 961. The molecule has 1 aliphatic rings. The van der Waals surface area contributed by atoms with Gasteiger partial charge in [-0.15, -0.1) is 10.2 Å². The number of carbonyl (C=O) groups is 1. The summed E-state index contributed by atoms with van der Waals surface area (Å²) in [6.45, 7) is 6.82. The summed E-state index contributed by atoms with van der Waals surface area (Å²) in [4.78, 5) is 12.1. The van der Waals surface area contributed by atoms with Crippen LogP contribution in [0.15, 0.2) is 38.8 Å². The minimum absolute atomic E-state index is 0.128. The van der Waals surface area contributed by atoms with Crippen molar-refractivity contribution in [1.29, 1.82) is 0 Å². The average molecular weight is 439 g/mol. The number of hydrogen-bond donors (Lipinski definition) is 1. The van der Waals surface area contributed by atoms with Crippen molar-refractivity contribution in [2.24, 2.45) is 0 Å². The second-order valence-corrected chi connectivity index (χ2v) is 10.8. The number of thioether (sulfide) groups is 1. The van der Waals surface area contributed by atoms with Crippen molar-refractivity contribution in [3.63, 3.8) is 0 Å².